The Morgan fingerprint density at radius 3 is 2.27 bits per heavy atom. The first kappa shape index (κ1) is 12.9. The third kappa shape index (κ3) is 3.74. The first-order valence-electron chi connectivity index (χ1n) is 5.58. The fraction of sp³-hybridized carbons (Fsp3) is 1.00. The van der Waals surface area contributed by atoms with E-state index in [2.05, 4.69) is 19.2 Å². The van der Waals surface area contributed by atoms with Crippen molar-refractivity contribution in [3.63, 3.8) is 0 Å². The molecule has 0 amide bonds. The number of rotatable bonds is 4. The van der Waals surface area contributed by atoms with Crippen LogP contribution < -0.4 is 5.32 Å². The predicted octanol–water partition coefficient (Wildman–Crippen LogP) is 0.513. The van der Waals surface area contributed by atoms with E-state index in [-0.39, 0.29) is 5.75 Å². The zero-order valence-electron chi connectivity index (χ0n) is 9.86. The van der Waals surface area contributed by atoms with Gasteiger partial charge in [0.05, 0.1) is 5.75 Å². The van der Waals surface area contributed by atoms with Crippen molar-refractivity contribution in [2.24, 2.45) is 11.8 Å². The highest BCUT2D eigenvalue weighted by atomic mass is 32.2. The van der Waals surface area contributed by atoms with E-state index in [0.29, 0.717) is 31.5 Å². The Kier molecular flexibility index (Phi) is 4.55. The second-order valence-electron chi connectivity index (χ2n) is 4.68. The Morgan fingerprint density at radius 2 is 1.80 bits per heavy atom. The van der Waals surface area contributed by atoms with Crippen molar-refractivity contribution in [2.75, 3.05) is 32.4 Å². The molecule has 90 valence electrons. The molecule has 0 aliphatic carbocycles. The van der Waals surface area contributed by atoms with Gasteiger partial charge in [-0.05, 0) is 25.3 Å². The van der Waals surface area contributed by atoms with Crippen LogP contribution in [0.3, 0.4) is 0 Å². The SMILES string of the molecule is CNCCS(=O)(=O)N1CC(C)CC(C)C1. The summed E-state index contributed by atoms with van der Waals surface area (Å²) >= 11 is 0. The summed E-state index contributed by atoms with van der Waals surface area (Å²) in [6, 6.07) is 0. The third-order valence-corrected chi connectivity index (χ3v) is 4.64. The van der Waals surface area contributed by atoms with E-state index in [1.807, 2.05) is 0 Å². The highest BCUT2D eigenvalue weighted by Gasteiger charge is 2.29. The van der Waals surface area contributed by atoms with E-state index < -0.39 is 10.0 Å². The van der Waals surface area contributed by atoms with Crippen LogP contribution in [-0.2, 0) is 10.0 Å². The highest BCUT2D eigenvalue weighted by Crippen LogP contribution is 2.23. The van der Waals surface area contributed by atoms with Gasteiger partial charge in [0.15, 0.2) is 0 Å². The molecule has 0 spiro atoms. The average molecular weight is 234 g/mol. The van der Waals surface area contributed by atoms with Gasteiger partial charge in [-0.15, -0.1) is 0 Å². The number of nitrogens with one attached hydrogen (secondary N) is 1. The van der Waals surface area contributed by atoms with Crippen LogP contribution >= 0.6 is 0 Å². The molecule has 0 bridgehead atoms. The molecule has 0 aromatic heterocycles. The van der Waals surface area contributed by atoms with Crippen LogP contribution in [0.2, 0.25) is 0 Å². The van der Waals surface area contributed by atoms with Gasteiger partial charge in [-0.3, -0.25) is 0 Å². The topological polar surface area (TPSA) is 49.4 Å². The zero-order chi connectivity index (χ0) is 11.5. The summed E-state index contributed by atoms with van der Waals surface area (Å²) in [5, 5.41) is 2.88. The number of sulfonamides is 1. The molecular formula is C10H22N2O2S. The fourth-order valence-corrected chi connectivity index (χ4v) is 3.88. The Labute approximate surface area is 93.1 Å². The van der Waals surface area contributed by atoms with Crippen molar-refractivity contribution in [3.05, 3.63) is 0 Å². The highest BCUT2D eigenvalue weighted by molar-refractivity contribution is 7.89. The molecular weight excluding hydrogens is 212 g/mol. The number of piperidine rings is 1. The smallest absolute Gasteiger partial charge is 0.215 e. The van der Waals surface area contributed by atoms with Gasteiger partial charge in [0.1, 0.15) is 0 Å². The first-order valence-corrected chi connectivity index (χ1v) is 7.19. The van der Waals surface area contributed by atoms with Crippen LogP contribution in [0.4, 0.5) is 0 Å². The van der Waals surface area contributed by atoms with Gasteiger partial charge in [0.2, 0.25) is 10.0 Å². The van der Waals surface area contributed by atoms with Crippen LogP contribution in [0.25, 0.3) is 0 Å². The predicted molar refractivity (Wildman–Crippen MR) is 62.2 cm³/mol. The monoisotopic (exact) mass is 234 g/mol. The lowest BCUT2D eigenvalue weighted by Crippen LogP contribution is -2.44. The molecule has 1 rings (SSSR count). The summed E-state index contributed by atoms with van der Waals surface area (Å²) in [7, 11) is -1.27. The van der Waals surface area contributed by atoms with Gasteiger partial charge in [-0.1, -0.05) is 13.8 Å². The Bertz CT molecular complexity index is 280. The van der Waals surface area contributed by atoms with Crippen LogP contribution in [0.1, 0.15) is 20.3 Å². The maximum atomic E-state index is 11.9. The molecule has 0 aromatic carbocycles. The van der Waals surface area contributed by atoms with E-state index in [4.69, 9.17) is 0 Å². The Balaban J connectivity index is 2.61. The van der Waals surface area contributed by atoms with Gasteiger partial charge in [-0.2, -0.15) is 0 Å². The summed E-state index contributed by atoms with van der Waals surface area (Å²) in [6.45, 7) is 6.15. The molecule has 0 saturated carbocycles. The summed E-state index contributed by atoms with van der Waals surface area (Å²) in [4.78, 5) is 0. The minimum Gasteiger partial charge on any atom is -0.319 e. The lowest BCUT2D eigenvalue weighted by Gasteiger charge is -2.34. The van der Waals surface area contributed by atoms with E-state index in [1.54, 1.807) is 11.4 Å². The Hall–Kier alpha value is -0.130. The zero-order valence-corrected chi connectivity index (χ0v) is 10.7. The summed E-state index contributed by atoms with van der Waals surface area (Å²) < 4.78 is 25.5. The molecule has 5 heteroatoms. The maximum absolute atomic E-state index is 11.9. The minimum absolute atomic E-state index is 0.211. The minimum atomic E-state index is -3.04. The summed E-state index contributed by atoms with van der Waals surface area (Å²) in [5.41, 5.74) is 0. The lowest BCUT2D eigenvalue weighted by molar-refractivity contribution is 0.222. The van der Waals surface area contributed by atoms with Crippen molar-refractivity contribution in [2.45, 2.75) is 20.3 Å². The second-order valence-corrected chi connectivity index (χ2v) is 6.77. The van der Waals surface area contributed by atoms with Crippen LogP contribution in [-0.4, -0.2) is 45.2 Å². The molecule has 2 unspecified atom stereocenters. The van der Waals surface area contributed by atoms with Crippen molar-refractivity contribution in [1.82, 2.24) is 9.62 Å². The maximum Gasteiger partial charge on any atom is 0.215 e. The first-order chi connectivity index (χ1) is 6.95. The van der Waals surface area contributed by atoms with Gasteiger partial charge in [0.25, 0.3) is 0 Å². The lowest BCUT2D eigenvalue weighted by atomic mass is 9.94. The van der Waals surface area contributed by atoms with Crippen LogP contribution in [0.5, 0.6) is 0 Å². The second kappa shape index (κ2) is 5.27. The number of hydrogen-bond donors (Lipinski definition) is 1. The van der Waals surface area contributed by atoms with Crippen molar-refractivity contribution >= 4 is 10.0 Å². The molecule has 1 saturated heterocycles. The molecule has 4 nitrogen and oxygen atoms in total. The van der Waals surface area contributed by atoms with Crippen LogP contribution in [0, 0.1) is 11.8 Å². The van der Waals surface area contributed by atoms with E-state index in [1.165, 1.54) is 0 Å². The molecule has 1 heterocycles. The summed E-state index contributed by atoms with van der Waals surface area (Å²) in [5.74, 6) is 1.18. The molecule has 2 atom stereocenters. The van der Waals surface area contributed by atoms with Gasteiger partial charge < -0.3 is 5.32 Å². The standard InChI is InChI=1S/C10H22N2O2S/c1-9-6-10(2)8-12(7-9)15(13,14)5-4-11-3/h9-11H,4-8H2,1-3H3. The number of nitrogens with zero attached hydrogens (tertiary/aromatic N) is 1. The van der Waals surface area contributed by atoms with E-state index in [9.17, 15) is 8.42 Å². The normalized spacial score (nSPS) is 29.3. The third-order valence-electron chi connectivity index (χ3n) is 2.84. The van der Waals surface area contributed by atoms with Crippen molar-refractivity contribution in [3.8, 4) is 0 Å². The van der Waals surface area contributed by atoms with Crippen LogP contribution in [0.15, 0.2) is 0 Å². The molecule has 1 aliphatic rings. The van der Waals surface area contributed by atoms with Crippen molar-refractivity contribution in [1.29, 1.82) is 0 Å². The number of hydrogen-bond acceptors (Lipinski definition) is 3. The Morgan fingerprint density at radius 1 is 1.27 bits per heavy atom. The average Bonchev–Trinajstić information content (AvgIpc) is 2.13. The molecule has 1 aliphatic heterocycles. The molecule has 1 fully saturated rings. The van der Waals surface area contributed by atoms with E-state index in [0.717, 1.165) is 6.42 Å². The molecule has 0 aromatic rings. The fourth-order valence-electron chi connectivity index (χ4n) is 2.19. The van der Waals surface area contributed by atoms with Crippen molar-refractivity contribution < 1.29 is 8.42 Å². The molecule has 15 heavy (non-hydrogen) atoms. The largest absolute Gasteiger partial charge is 0.319 e. The van der Waals surface area contributed by atoms with Gasteiger partial charge in [0, 0.05) is 19.6 Å². The van der Waals surface area contributed by atoms with E-state index >= 15 is 0 Å². The molecule has 1 N–H and O–H groups in total. The van der Waals surface area contributed by atoms with Gasteiger partial charge >= 0.3 is 0 Å². The quantitative estimate of drug-likeness (QED) is 0.771. The van der Waals surface area contributed by atoms with Gasteiger partial charge in [-0.25, -0.2) is 12.7 Å². The molecule has 0 radical (unpaired) electrons. The summed E-state index contributed by atoms with van der Waals surface area (Å²) in [6.07, 6.45) is 1.14.